The number of nitrogens with zero attached hydrogens (tertiary/aromatic N) is 3. The number of hydrogen-bond acceptors (Lipinski definition) is 7. The molecule has 3 aromatic rings. The Bertz CT molecular complexity index is 919. The zero-order valence-electron chi connectivity index (χ0n) is 15.8. The van der Waals surface area contributed by atoms with E-state index >= 15 is 0 Å². The lowest BCUT2D eigenvalue weighted by Gasteiger charge is -2.27. The SMILES string of the molecule is COc1ccc2nc(N(CCCN3CCOCC3)C(=O)c3ccco3)sc2c1. The first-order valence-electron chi connectivity index (χ1n) is 9.34. The van der Waals surface area contributed by atoms with E-state index < -0.39 is 0 Å². The molecule has 3 heterocycles. The predicted octanol–water partition coefficient (Wildman–Crippen LogP) is 3.27. The van der Waals surface area contributed by atoms with Crippen molar-refractivity contribution in [3.05, 3.63) is 42.4 Å². The zero-order chi connectivity index (χ0) is 19.3. The Morgan fingerprint density at radius 3 is 2.93 bits per heavy atom. The Hall–Kier alpha value is -2.42. The van der Waals surface area contributed by atoms with Crippen molar-refractivity contribution < 1.29 is 18.7 Å². The van der Waals surface area contributed by atoms with Crippen molar-refractivity contribution in [2.24, 2.45) is 0 Å². The van der Waals surface area contributed by atoms with Gasteiger partial charge in [-0.3, -0.25) is 14.6 Å². The molecular weight excluding hydrogens is 378 g/mol. The number of morpholine rings is 1. The summed E-state index contributed by atoms with van der Waals surface area (Å²) >= 11 is 1.49. The fraction of sp³-hybridized carbons (Fsp3) is 0.400. The third kappa shape index (κ3) is 4.19. The van der Waals surface area contributed by atoms with Gasteiger partial charge in [0.15, 0.2) is 10.9 Å². The van der Waals surface area contributed by atoms with Crippen molar-refractivity contribution in [2.75, 3.05) is 51.4 Å². The van der Waals surface area contributed by atoms with E-state index in [9.17, 15) is 4.79 Å². The topological polar surface area (TPSA) is 68.0 Å². The van der Waals surface area contributed by atoms with Gasteiger partial charge in [0.05, 0.1) is 36.8 Å². The molecule has 28 heavy (non-hydrogen) atoms. The summed E-state index contributed by atoms with van der Waals surface area (Å²) in [6.45, 7) is 4.92. The van der Waals surface area contributed by atoms with E-state index in [2.05, 4.69) is 9.88 Å². The van der Waals surface area contributed by atoms with Crippen LogP contribution in [0.25, 0.3) is 10.2 Å². The molecule has 148 valence electrons. The van der Waals surface area contributed by atoms with Crippen LogP contribution in [0.15, 0.2) is 41.0 Å². The summed E-state index contributed by atoms with van der Waals surface area (Å²) in [6, 6.07) is 9.15. The fourth-order valence-electron chi connectivity index (χ4n) is 3.23. The first-order chi connectivity index (χ1) is 13.7. The molecule has 1 fully saturated rings. The number of fused-ring (bicyclic) bond motifs is 1. The number of carbonyl (C=O) groups is 1. The third-order valence-corrected chi connectivity index (χ3v) is 5.79. The van der Waals surface area contributed by atoms with E-state index in [1.54, 1.807) is 24.1 Å². The zero-order valence-corrected chi connectivity index (χ0v) is 16.6. The molecule has 0 bridgehead atoms. The van der Waals surface area contributed by atoms with Crippen LogP contribution >= 0.6 is 11.3 Å². The second kappa shape index (κ2) is 8.72. The Labute approximate surface area is 167 Å². The van der Waals surface area contributed by atoms with E-state index in [0.717, 1.165) is 55.2 Å². The highest BCUT2D eigenvalue weighted by atomic mass is 32.1. The van der Waals surface area contributed by atoms with Gasteiger partial charge in [-0.25, -0.2) is 4.98 Å². The van der Waals surface area contributed by atoms with Gasteiger partial charge >= 0.3 is 0 Å². The van der Waals surface area contributed by atoms with Crippen molar-refractivity contribution in [2.45, 2.75) is 6.42 Å². The van der Waals surface area contributed by atoms with Crippen LogP contribution in [-0.4, -0.2) is 62.3 Å². The molecule has 0 radical (unpaired) electrons. The number of thiazole rings is 1. The highest BCUT2D eigenvalue weighted by molar-refractivity contribution is 7.22. The molecule has 0 N–H and O–H groups in total. The van der Waals surface area contributed by atoms with Gasteiger partial charge in [0.2, 0.25) is 0 Å². The number of aromatic nitrogens is 1. The van der Waals surface area contributed by atoms with Crippen LogP contribution in [0.3, 0.4) is 0 Å². The van der Waals surface area contributed by atoms with Crippen molar-refractivity contribution in [1.29, 1.82) is 0 Å². The van der Waals surface area contributed by atoms with E-state index in [0.29, 0.717) is 17.4 Å². The van der Waals surface area contributed by atoms with E-state index in [1.165, 1.54) is 17.6 Å². The van der Waals surface area contributed by atoms with Gasteiger partial charge < -0.3 is 13.9 Å². The number of rotatable bonds is 7. The number of methoxy groups -OCH3 is 1. The van der Waals surface area contributed by atoms with Gasteiger partial charge in [0.1, 0.15) is 5.75 Å². The summed E-state index contributed by atoms with van der Waals surface area (Å²) in [5, 5.41) is 0.673. The second-order valence-corrected chi connectivity index (χ2v) is 7.58. The fourth-order valence-corrected chi connectivity index (χ4v) is 4.25. The Morgan fingerprint density at radius 1 is 1.32 bits per heavy atom. The minimum atomic E-state index is -0.169. The Kier molecular flexibility index (Phi) is 5.90. The summed E-state index contributed by atoms with van der Waals surface area (Å²) in [7, 11) is 1.64. The van der Waals surface area contributed by atoms with Gasteiger partial charge in [-0.15, -0.1) is 0 Å². The first-order valence-corrected chi connectivity index (χ1v) is 10.2. The number of amides is 1. The highest BCUT2D eigenvalue weighted by Crippen LogP contribution is 2.32. The first kappa shape index (κ1) is 18.9. The summed E-state index contributed by atoms with van der Waals surface area (Å²) in [4.78, 5) is 21.8. The molecule has 0 spiro atoms. The van der Waals surface area contributed by atoms with E-state index in [-0.39, 0.29) is 5.91 Å². The number of hydrogen-bond donors (Lipinski definition) is 0. The maximum atomic E-state index is 13.0. The van der Waals surface area contributed by atoms with Gasteiger partial charge in [0, 0.05) is 26.2 Å². The van der Waals surface area contributed by atoms with E-state index in [4.69, 9.17) is 13.9 Å². The molecule has 1 aromatic carbocycles. The normalized spacial score (nSPS) is 15.0. The molecule has 1 aliphatic rings. The smallest absolute Gasteiger partial charge is 0.295 e. The van der Waals surface area contributed by atoms with Crippen LogP contribution in [-0.2, 0) is 4.74 Å². The quantitative estimate of drug-likeness (QED) is 0.605. The van der Waals surface area contributed by atoms with Crippen molar-refractivity contribution in [3.8, 4) is 5.75 Å². The number of ether oxygens (including phenoxy) is 2. The van der Waals surface area contributed by atoms with Crippen molar-refractivity contribution >= 4 is 32.6 Å². The predicted molar refractivity (Wildman–Crippen MR) is 108 cm³/mol. The third-order valence-electron chi connectivity index (χ3n) is 4.75. The van der Waals surface area contributed by atoms with Crippen LogP contribution in [0.5, 0.6) is 5.75 Å². The molecule has 0 aliphatic carbocycles. The molecule has 8 heteroatoms. The van der Waals surface area contributed by atoms with Crippen LogP contribution in [0.4, 0.5) is 5.13 Å². The Morgan fingerprint density at radius 2 is 2.18 bits per heavy atom. The van der Waals surface area contributed by atoms with Gasteiger partial charge in [0.25, 0.3) is 5.91 Å². The molecule has 4 rings (SSSR count). The summed E-state index contributed by atoms with van der Waals surface area (Å²) in [6.07, 6.45) is 2.37. The molecule has 0 saturated carbocycles. The van der Waals surface area contributed by atoms with Crippen LogP contribution in [0.2, 0.25) is 0 Å². The molecule has 1 aliphatic heterocycles. The minimum Gasteiger partial charge on any atom is -0.497 e. The summed E-state index contributed by atoms with van der Waals surface area (Å²) in [5.41, 5.74) is 0.853. The maximum absolute atomic E-state index is 13.0. The molecule has 2 aromatic heterocycles. The minimum absolute atomic E-state index is 0.169. The summed E-state index contributed by atoms with van der Waals surface area (Å²) in [5.74, 6) is 0.931. The molecular formula is C20H23N3O4S. The number of anilines is 1. The average Bonchev–Trinajstić information content (AvgIpc) is 3.40. The molecule has 1 saturated heterocycles. The van der Waals surface area contributed by atoms with E-state index in [1.807, 2.05) is 18.2 Å². The molecule has 0 atom stereocenters. The number of benzene rings is 1. The molecule has 1 amide bonds. The molecule has 7 nitrogen and oxygen atoms in total. The monoisotopic (exact) mass is 401 g/mol. The lowest BCUT2D eigenvalue weighted by Crippen LogP contribution is -2.39. The van der Waals surface area contributed by atoms with Crippen molar-refractivity contribution in [3.63, 3.8) is 0 Å². The largest absolute Gasteiger partial charge is 0.497 e. The van der Waals surface area contributed by atoms with Crippen LogP contribution in [0.1, 0.15) is 17.0 Å². The summed E-state index contributed by atoms with van der Waals surface area (Å²) < 4.78 is 17.0. The average molecular weight is 401 g/mol. The van der Waals surface area contributed by atoms with Crippen LogP contribution in [0, 0.1) is 0 Å². The number of furan rings is 1. The maximum Gasteiger partial charge on any atom is 0.295 e. The van der Waals surface area contributed by atoms with Crippen LogP contribution < -0.4 is 9.64 Å². The van der Waals surface area contributed by atoms with Crippen molar-refractivity contribution in [1.82, 2.24) is 9.88 Å². The standard InChI is InChI=1S/C20H23N3O4S/c1-25-15-5-6-16-18(14-15)28-20(21-16)23(19(24)17-4-2-11-27-17)8-3-7-22-9-12-26-13-10-22/h2,4-6,11,14H,3,7-10,12-13H2,1H3. The van der Waals surface area contributed by atoms with Gasteiger partial charge in [-0.2, -0.15) is 0 Å². The Balaban J connectivity index is 1.54. The highest BCUT2D eigenvalue weighted by Gasteiger charge is 2.23. The second-order valence-electron chi connectivity index (χ2n) is 6.57. The number of carbonyl (C=O) groups excluding carboxylic acids is 1. The van der Waals surface area contributed by atoms with Gasteiger partial charge in [-0.1, -0.05) is 11.3 Å². The lowest BCUT2D eigenvalue weighted by molar-refractivity contribution is 0.0376. The van der Waals surface area contributed by atoms with Gasteiger partial charge in [-0.05, 0) is 36.8 Å². The molecule has 0 unspecified atom stereocenters. The lowest BCUT2D eigenvalue weighted by atomic mass is 10.3.